The van der Waals surface area contributed by atoms with E-state index in [9.17, 15) is 21.6 Å². The highest BCUT2D eigenvalue weighted by atomic mass is 127. The maximum atomic E-state index is 12.4. The van der Waals surface area contributed by atoms with Crippen molar-refractivity contribution in [2.45, 2.75) is 15.3 Å². The second-order valence-electron chi connectivity index (χ2n) is 2.85. The number of rotatable bonds is 2. The zero-order valence-corrected chi connectivity index (χ0v) is 12.7. The lowest BCUT2D eigenvalue weighted by atomic mass is 10.2. The van der Waals surface area contributed by atoms with E-state index in [0.29, 0.717) is 0 Å². The van der Waals surface area contributed by atoms with Crippen LogP contribution in [0, 0.1) is 14.9 Å². The normalized spacial score (nSPS) is 12.2. The van der Waals surface area contributed by atoms with Crippen LogP contribution in [0.2, 0.25) is 0 Å². The maximum absolute atomic E-state index is 12.4. The van der Waals surface area contributed by atoms with Crippen LogP contribution < -0.4 is 0 Å². The zero-order chi connectivity index (χ0) is 14.1. The SMILES string of the molecule is N#Cc1ccc(S(=O)(=O)Cl)c(SC(F)(F)F)c1I. The van der Waals surface area contributed by atoms with Gasteiger partial charge in [0.05, 0.1) is 15.4 Å². The summed E-state index contributed by atoms with van der Waals surface area (Å²) in [5, 5.41) is 8.71. The molecule has 0 aliphatic heterocycles. The maximum Gasteiger partial charge on any atom is 0.446 e. The molecule has 0 bridgehead atoms. The number of benzene rings is 1. The molecule has 0 unspecified atom stereocenters. The van der Waals surface area contributed by atoms with Gasteiger partial charge in [0.15, 0.2) is 0 Å². The van der Waals surface area contributed by atoms with Crippen molar-refractivity contribution in [3.63, 3.8) is 0 Å². The molecule has 0 amide bonds. The predicted molar refractivity (Wildman–Crippen MR) is 68.8 cm³/mol. The highest BCUT2D eigenvalue weighted by molar-refractivity contribution is 14.1. The molecule has 3 nitrogen and oxygen atoms in total. The average molecular weight is 428 g/mol. The van der Waals surface area contributed by atoms with Gasteiger partial charge >= 0.3 is 5.51 Å². The van der Waals surface area contributed by atoms with Gasteiger partial charge in [-0.1, -0.05) is 0 Å². The largest absolute Gasteiger partial charge is 0.446 e. The first-order chi connectivity index (χ1) is 8.06. The fourth-order valence-electron chi connectivity index (χ4n) is 1.03. The number of hydrogen-bond acceptors (Lipinski definition) is 4. The van der Waals surface area contributed by atoms with Crippen LogP contribution in [0.25, 0.3) is 0 Å². The Morgan fingerprint density at radius 2 is 1.94 bits per heavy atom. The number of nitriles is 1. The number of thioether (sulfide) groups is 1. The van der Waals surface area contributed by atoms with E-state index in [1.165, 1.54) is 22.6 Å². The minimum atomic E-state index is -4.68. The van der Waals surface area contributed by atoms with Crippen molar-refractivity contribution in [3.8, 4) is 6.07 Å². The molecule has 0 spiro atoms. The van der Waals surface area contributed by atoms with Crippen LogP contribution in [0.4, 0.5) is 13.2 Å². The van der Waals surface area contributed by atoms with E-state index in [4.69, 9.17) is 15.9 Å². The van der Waals surface area contributed by atoms with Gasteiger partial charge in [-0.05, 0) is 46.5 Å². The molecule has 0 N–H and O–H groups in total. The monoisotopic (exact) mass is 427 g/mol. The Morgan fingerprint density at radius 3 is 2.33 bits per heavy atom. The molecule has 0 atom stereocenters. The summed E-state index contributed by atoms with van der Waals surface area (Å²) in [6.07, 6.45) is 0. The van der Waals surface area contributed by atoms with Crippen molar-refractivity contribution in [1.82, 2.24) is 0 Å². The minimum Gasteiger partial charge on any atom is -0.207 e. The van der Waals surface area contributed by atoms with Crippen LogP contribution in [0.15, 0.2) is 21.9 Å². The molecule has 0 saturated heterocycles. The summed E-state index contributed by atoms with van der Waals surface area (Å²) in [6.45, 7) is 0. The molecular formula is C8H2ClF3INO2S2. The Hall–Kier alpha value is -0.180. The van der Waals surface area contributed by atoms with Crippen LogP contribution in [0.3, 0.4) is 0 Å². The molecule has 1 rings (SSSR count). The minimum absolute atomic E-state index is 0.0496. The smallest absolute Gasteiger partial charge is 0.207 e. The van der Waals surface area contributed by atoms with Gasteiger partial charge in [-0.15, -0.1) is 0 Å². The van der Waals surface area contributed by atoms with Gasteiger partial charge in [0.2, 0.25) is 0 Å². The number of alkyl halides is 3. The Labute approximate surface area is 123 Å². The summed E-state index contributed by atoms with van der Waals surface area (Å²) in [5.74, 6) is 0. The van der Waals surface area contributed by atoms with Crippen molar-refractivity contribution in [1.29, 1.82) is 5.26 Å². The van der Waals surface area contributed by atoms with Crippen molar-refractivity contribution in [2.24, 2.45) is 0 Å². The van der Waals surface area contributed by atoms with Crippen molar-refractivity contribution >= 4 is 54.1 Å². The topological polar surface area (TPSA) is 57.9 Å². The summed E-state index contributed by atoms with van der Waals surface area (Å²) < 4.78 is 59.4. The van der Waals surface area contributed by atoms with Crippen molar-refractivity contribution in [3.05, 3.63) is 21.3 Å². The van der Waals surface area contributed by atoms with Crippen LogP contribution >= 0.6 is 45.0 Å². The Bertz CT molecular complexity index is 624. The molecule has 0 radical (unpaired) electrons. The van der Waals surface area contributed by atoms with Crippen LogP contribution in [-0.2, 0) is 9.05 Å². The van der Waals surface area contributed by atoms with Crippen molar-refractivity contribution < 1.29 is 21.6 Å². The Morgan fingerprint density at radius 1 is 1.39 bits per heavy atom. The van der Waals surface area contributed by atoms with Gasteiger partial charge in [-0.3, -0.25) is 0 Å². The third-order valence-electron chi connectivity index (χ3n) is 1.66. The van der Waals surface area contributed by atoms with Gasteiger partial charge in [0.25, 0.3) is 9.05 Å². The van der Waals surface area contributed by atoms with E-state index in [0.717, 1.165) is 12.1 Å². The molecule has 0 fully saturated rings. The molecule has 1 aromatic carbocycles. The molecule has 0 saturated carbocycles. The van der Waals surface area contributed by atoms with Crippen molar-refractivity contribution in [2.75, 3.05) is 0 Å². The third-order valence-corrected chi connectivity index (χ3v) is 5.50. The highest BCUT2D eigenvalue weighted by Crippen LogP contribution is 2.43. The van der Waals surface area contributed by atoms with E-state index >= 15 is 0 Å². The fraction of sp³-hybridized carbons (Fsp3) is 0.125. The van der Waals surface area contributed by atoms with E-state index < -0.39 is 36.1 Å². The highest BCUT2D eigenvalue weighted by Gasteiger charge is 2.34. The van der Waals surface area contributed by atoms with E-state index in [2.05, 4.69) is 0 Å². The number of hydrogen-bond donors (Lipinski definition) is 0. The lowest BCUT2D eigenvalue weighted by Crippen LogP contribution is -2.05. The molecule has 0 heterocycles. The van der Waals surface area contributed by atoms with Gasteiger partial charge in [-0.25, -0.2) is 8.42 Å². The quantitative estimate of drug-likeness (QED) is 0.410. The second-order valence-corrected chi connectivity index (χ2v) is 7.54. The van der Waals surface area contributed by atoms with Gasteiger partial charge in [-0.2, -0.15) is 18.4 Å². The molecule has 1 aromatic rings. The van der Waals surface area contributed by atoms with Crippen LogP contribution in [0.5, 0.6) is 0 Å². The first kappa shape index (κ1) is 15.9. The molecule has 98 valence electrons. The van der Waals surface area contributed by atoms with E-state index in [1.54, 1.807) is 6.07 Å². The summed E-state index contributed by atoms with van der Waals surface area (Å²) in [5.41, 5.74) is -4.73. The first-order valence-corrected chi connectivity index (χ1v) is 8.19. The summed E-state index contributed by atoms with van der Waals surface area (Å²) in [7, 11) is 0.749. The molecular weight excluding hydrogens is 426 g/mol. The molecule has 18 heavy (non-hydrogen) atoms. The molecule has 0 aromatic heterocycles. The summed E-state index contributed by atoms with van der Waals surface area (Å²) in [4.78, 5) is -1.24. The van der Waals surface area contributed by atoms with E-state index in [1.807, 2.05) is 0 Å². The fourth-order valence-corrected chi connectivity index (χ4v) is 4.26. The number of halogens is 5. The molecule has 0 aliphatic rings. The summed E-state index contributed by atoms with van der Waals surface area (Å²) >= 11 is 0.868. The Balaban J connectivity index is 3.57. The summed E-state index contributed by atoms with van der Waals surface area (Å²) in [6, 6.07) is 3.67. The molecule has 10 heteroatoms. The lowest BCUT2D eigenvalue weighted by Gasteiger charge is -2.11. The average Bonchev–Trinajstić information content (AvgIpc) is 2.17. The van der Waals surface area contributed by atoms with Gasteiger partial charge in [0, 0.05) is 14.3 Å². The van der Waals surface area contributed by atoms with Crippen LogP contribution in [-0.4, -0.2) is 13.9 Å². The molecule has 0 aliphatic carbocycles. The van der Waals surface area contributed by atoms with E-state index in [-0.39, 0.29) is 9.13 Å². The Kier molecular flexibility index (Phi) is 4.80. The lowest BCUT2D eigenvalue weighted by molar-refractivity contribution is -0.0329. The van der Waals surface area contributed by atoms with Gasteiger partial charge in [0.1, 0.15) is 6.07 Å². The first-order valence-electron chi connectivity index (χ1n) is 3.99. The second kappa shape index (κ2) is 5.44. The third kappa shape index (κ3) is 3.91. The number of nitrogens with zero attached hydrogens (tertiary/aromatic N) is 1. The standard InChI is InChI=1S/C8H2ClF3INO2S2/c9-18(15,16)5-2-1-4(3-14)6(13)7(5)17-8(10,11)12/h1-2H. The van der Waals surface area contributed by atoms with Gasteiger partial charge < -0.3 is 0 Å². The predicted octanol–water partition coefficient (Wildman–Crippen LogP) is 3.70. The zero-order valence-electron chi connectivity index (χ0n) is 8.12. The van der Waals surface area contributed by atoms with Crippen LogP contribution in [0.1, 0.15) is 5.56 Å².